The summed E-state index contributed by atoms with van der Waals surface area (Å²) < 4.78 is 36.9. The number of rotatable bonds is 3. The molecule has 9 heteroatoms. The second kappa shape index (κ2) is 6.44. The van der Waals surface area contributed by atoms with Crippen LogP contribution in [-0.2, 0) is 0 Å². The maximum atomic E-state index is 12.3. The number of carbonyl (C=O) groups excluding carboxylic acids is 1. The van der Waals surface area contributed by atoms with Gasteiger partial charge in [-0.15, -0.1) is 11.3 Å². The fourth-order valence-electron chi connectivity index (χ4n) is 1.69. The van der Waals surface area contributed by atoms with Gasteiger partial charge in [-0.2, -0.15) is 13.2 Å². The van der Waals surface area contributed by atoms with Crippen molar-refractivity contribution in [3.63, 3.8) is 0 Å². The normalized spacial score (nSPS) is 11.5. The number of carbonyl (C=O) groups is 1. The largest absolute Gasteiger partial charge is 0.406 e. The number of hydrogen-bond acceptors (Lipinski definition) is 3. The highest BCUT2D eigenvalue weighted by molar-refractivity contribution is 7.13. The summed E-state index contributed by atoms with van der Waals surface area (Å²) in [7, 11) is 1.07. The number of alkyl halides is 3. The van der Waals surface area contributed by atoms with Gasteiger partial charge in [0.15, 0.2) is 0 Å². The standard InChI is InChI=1S/C13H9Cl2F3N2OS/c1-20(6-13(16,17)18)12(21)10-5-22-11(19-10)8-3-2-7(14)4-9(8)15/h2-5H,6H2,1H3. The average Bonchev–Trinajstić information content (AvgIpc) is 2.85. The number of halogens is 5. The molecule has 1 aromatic carbocycles. The van der Waals surface area contributed by atoms with E-state index in [1.54, 1.807) is 12.1 Å². The molecule has 0 unspecified atom stereocenters. The Morgan fingerprint density at radius 3 is 2.64 bits per heavy atom. The Balaban J connectivity index is 2.22. The van der Waals surface area contributed by atoms with Crippen LogP contribution in [-0.4, -0.2) is 35.6 Å². The molecule has 0 fully saturated rings. The van der Waals surface area contributed by atoms with Crippen LogP contribution in [0.2, 0.25) is 10.0 Å². The van der Waals surface area contributed by atoms with E-state index in [1.807, 2.05) is 0 Å². The van der Waals surface area contributed by atoms with Crippen molar-refractivity contribution in [2.24, 2.45) is 0 Å². The maximum absolute atomic E-state index is 12.3. The van der Waals surface area contributed by atoms with E-state index in [0.717, 1.165) is 18.4 Å². The third kappa shape index (κ3) is 4.12. The molecule has 0 atom stereocenters. The molecule has 2 rings (SSSR count). The molecule has 0 saturated carbocycles. The van der Waals surface area contributed by atoms with Gasteiger partial charge in [0.05, 0.1) is 5.02 Å². The van der Waals surface area contributed by atoms with Gasteiger partial charge in [0.1, 0.15) is 17.2 Å². The van der Waals surface area contributed by atoms with Gasteiger partial charge in [-0.3, -0.25) is 4.79 Å². The quantitative estimate of drug-likeness (QED) is 0.782. The van der Waals surface area contributed by atoms with E-state index < -0.39 is 18.6 Å². The van der Waals surface area contributed by atoms with E-state index in [9.17, 15) is 18.0 Å². The molecule has 0 aliphatic rings. The van der Waals surface area contributed by atoms with Gasteiger partial charge in [0, 0.05) is 23.0 Å². The third-order valence-corrected chi connectivity index (χ3v) is 4.07. The fraction of sp³-hybridized carbons (Fsp3) is 0.231. The highest BCUT2D eigenvalue weighted by atomic mass is 35.5. The van der Waals surface area contributed by atoms with Crippen LogP contribution in [0.15, 0.2) is 23.6 Å². The van der Waals surface area contributed by atoms with Crippen LogP contribution in [0.4, 0.5) is 13.2 Å². The predicted molar refractivity (Wildman–Crippen MR) is 80.6 cm³/mol. The molecule has 1 aromatic heterocycles. The Bertz CT molecular complexity index is 703. The summed E-state index contributed by atoms with van der Waals surface area (Å²) in [6, 6.07) is 4.77. The van der Waals surface area contributed by atoms with Crippen molar-refractivity contribution >= 4 is 40.4 Å². The number of benzene rings is 1. The minimum absolute atomic E-state index is 0.0576. The number of thiazole rings is 1. The van der Waals surface area contributed by atoms with Gasteiger partial charge in [0.2, 0.25) is 0 Å². The predicted octanol–water partition coefficient (Wildman–Crippen LogP) is 4.75. The first kappa shape index (κ1) is 17.1. The van der Waals surface area contributed by atoms with Gasteiger partial charge < -0.3 is 4.90 Å². The van der Waals surface area contributed by atoms with Gasteiger partial charge in [0.25, 0.3) is 5.91 Å². The number of amides is 1. The smallest absolute Gasteiger partial charge is 0.331 e. The molecule has 0 aliphatic heterocycles. The van der Waals surface area contributed by atoms with Crippen LogP contribution < -0.4 is 0 Å². The van der Waals surface area contributed by atoms with E-state index in [4.69, 9.17) is 23.2 Å². The lowest BCUT2D eigenvalue weighted by molar-refractivity contribution is -0.138. The first-order valence-electron chi connectivity index (χ1n) is 5.90. The zero-order chi connectivity index (χ0) is 16.5. The molecule has 2 aromatic rings. The van der Waals surface area contributed by atoms with Crippen molar-refractivity contribution in [2.75, 3.05) is 13.6 Å². The Hall–Kier alpha value is -1.31. The van der Waals surface area contributed by atoms with E-state index in [1.165, 1.54) is 11.4 Å². The lowest BCUT2D eigenvalue weighted by atomic mass is 10.2. The average molecular weight is 369 g/mol. The topological polar surface area (TPSA) is 33.2 Å². The van der Waals surface area contributed by atoms with Gasteiger partial charge >= 0.3 is 6.18 Å². The van der Waals surface area contributed by atoms with Crippen molar-refractivity contribution in [1.82, 2.24) is 9.88 Å². The van der Waals surface area contributed by atoms with E-state index in [2.05, 4.69) is 4.98 Å². The third-order valence-electron chi connectivity index (χ3n) is 2.65. The van der Waals surface area contributed by atoms with Crippen LogP contribution in [0.1, 0.15) is 10.5 Å². The second-order valence-electron chi connectivity index (χ2n) is 4.44. The maximum Gasteiger partial charge on any atom is 0.406 e. The summed E-state index contributed by atoms with van der Waals surface area (Å²) in [6.45, 7) is -1.33. The molecule has 3 nitrogen and oxygen atoms in total. The van der Waals surface area contributed by atoms with Crippen LogP contribution >= 0.6 is 34.5 Å². The van der Waals surface area contributed by atoms with Crippen LogP contribution in [0.25, 0.3) is 10.6 Å². The Morgan fingerprint density at radius 1 is 1.36 bits per heavy atom. The summed E-state index contributed by atoms with van der Waals surface area (Å²) in [4.78, 5) is 16.5. The molecular weight excluding hydrogens is 360 g/mol. The van der Waals surface area contributed by atoms with Crippen molar-refractivity contribution in [2.45, 2.75) is 6.18 Å². The van der Waals surface area contributed by atoms with Crippen molar-refractivity contribution < 1.29 is 18.0 Å². The molecular formula is C13H9Cl2F3N2OS. The van der Waals surface area contributed by atoms with Crippen LogP contribution in [0.3, 0.4) is 0 Å². The number of aromatic nitrogens is 1. The lowest BCUT2D eigenvalue weighted by Crippen LogP contribution is -2.35. The first-order valence-corrected chi connectivity index (χ1v) is 7.54. The molecule has 0 radical (unpaired) electrons. The van der Waals surface area contributed by atoms with E-state index in [-0.39, 0.29) is 5.69 Å². The van der Waals surface area contributed by atoms with E-state index in [0.29, 0.717) is 25.5 Å². The van der Waals surface area contributed by atoms with Crippen molar-refractivity contribution in [1.29, 1.82) is 0 Å². The Labute approximate surface area is 138 Å². The molecule has 1 heterocycles. The minimum Gasteiger partial charge on any atom is -0.331 e. The Morgan fingerprint density at radius 2 is 2.05 bits per heavy atom. The number of nitrogens with zero attached hydrogens (tertiary/aromatic N) is 2. The Kier molecular flexibility index (Phi) is 4.99. The van der Waals surface area contributed by atoms with Gasteiger partial charge in [-0.25, -0.2) is 4.98 Å². The SMILES string of the molecule is CN(CC(F)(F)F)C(=O)c1csc(-c2ccc(Cl)cc2Cl)n1. The minimum atomic E-state index is -4.46. The summed E-state index contributed by atoms with van der Waals surface area (Å²) in [6.07, 6.45) is -4.46. The molecule has 0 N–H and O–H groups in total. The molecule has 118 valence electrons. The molecule has 0 spiro atoms. The molecule has 0 saturated heterocycles. The first-order chi connectivity index (χ1) is 10.2. The molecule has 0 bridgehead atoms. The highest BCUT2D eigenvalue weighted by Gasteiger charge is 2.32. The summed E-state index contributed by atoms with van der Waals surface area (Å²) in [5.74, 6) is -0.801. The number of hydrogen-bond donors (Lipinski definition) is 0. The van der Waals surface area contributed by atoms with Crippen LogP contribution in [0.5, 0.6) is 0 Å². The lowest BCUT2D eigenvalue weighted by Gasteiger charge is -2.17. The van der Waals surface area contributed by atoms with Gasteiger partial charge in [-0.1, -0.05) is 23.2 Å². The summed E-state index contributed by atoms with van der Waals surface area (Å²) in [5.41, 5.74) is 0.506. The van der Waals surface area contributed by atoms with Crippen molar-refractivity contribution in [3.8, 4) is 10.6 Å². The zero-order valence-corrected chi connectivity index (χ0v) is 13.4. The molecule has 22 heavy (non-hydrogen) atoms. The molecule has 1 amide bonds. The van der Waals surface area contributed by atoms with Gasteiger partial charge in [-0.05, 0) is 18.2 Å². The van der Waals surface area contributed by atoms with Crippen LogP contribution in [0, 0.1) is 0 Å². The van der Waals surface area contributed by atoms with E-state index >= 15 is 0 Å². The summed E-state index contributed by atoms with van der Waals surface area (Å²) >= 11 is 13.0. The summed E-state index contributed by atoms with van der Waals surface area (Å²) in [5, 5.41) is 2.64. The highest BCUT2D eigenvalue weighted by Crippen LogP contribution is 2.32. The second-order valence-corrected chi connectivity index (χ2v) is 6.14. The van der Waals surface area contributed by atoms with Crippen molar-refractivity contribution in [3.05, 3.63) is 39.3 Å². The fourth-order valence-corrected chi connectivity index (χ4v) is 3.08. The molecule has 0 aliphatic carbocycles. The zero-order valence-electron chi connectivity index (χ0n) is 11.1. The monoisotopic (exact) mass is 368 g/mol.